The van der Waals surface area contributed by atoms with Gasteiger partial charge in [0.15, 0.2) is 0 Å². The van der Waals surface area contributed by atoms with Crippen molar-refractivity contribution >= 4 is 6.09 Å². The van der Waals surface area contributed by atoms with Crippen LogP contribution in [0.3, 0.4) is 0 Å². The molecule has 1 aliphatic heterocycles. The lowest BCUT2D eigenvalue weighted by Gasteiger charge is -2.30. The molecule has 1 amide bonds. The molecule has 3 rings (SSSR count). The fourth-order valence-corrected chi connectivity index (χ4v) is 2.55. The Morgan fingerprint density at radius 2 is 2.17 bits per heavy atom. The number of nitrogens with zero attached hydrogens (tertiary/aromatic N) is 3. The highest BCUT2D eigenvalue weighted by Gasteiger charge is 2.28. The molecule has 24 heavy (non-hydrogen) atoms. The molecular formula is C17H20N4O3. The minimum Gasteiger partial charge on any atom is -0.444 e. The number of amides is 1. The molecule has 0 unspecified atom stereocenters. The van der Waals surface area contributed by atoms with Crippen molar-refractivity contribution in [2.45, 2.75) is 39.3 Å². The smallest absolute Gasteiger partial charge is 0.410 e. The lowest BCUT2D eigenvalue weighted by Crippen LogP contribution is -2.42. The van der Waals surface area contributed by atoms with E-state index in [0.717, 1.165) is 11.3 Å². The number of nitrogens with one attached hydrogen (secondary N) is 1. The summed E-state index contributed by atoms with van der Waals surface area (Å²) in [4.78, 5) is 37.5. The van der Waals surface area contributed by atoms with Gasteiger partial charge >= 0.3 is 6.09 Å². The number of aromatic nitrogens is 3. The van der Waals surface area contributed by atoms with Crippen molar-refractivity contribution in [2.75, 3.05) is 6.54 Å². The van der Waals surface area contributed by atoms with Crippen LogP contribution in [-0.4, -0.2) is 38.1 Å². The summed E-state index contributed by atoms with van der Waals surface area (Å²) in [6, 6.07) is 3.63. The minimum atomic E-state index is -0.563. The number of ether oxygens (including phenoxy) is 1. The van der Waals surface area contributed by atoms with Crippen LogP contribution in [-0.2, 0) is 17.7 Å². The summed E-state index contributed by atoms with van der Waals surface area (Å²) < 4.78 is 5.37. The van der Waals surface area contributed by atoms with E-state index >= 15 is 0 Å². The van der Waals surface area contributed by atoms with E-state index in [4.69, 9.17) is 4.74 Å². The van der Waals surface area contributed by atoms with Crippen LogP contribution < -0.4 is 5.56 Å². The van der Waals surface area contributed by atoms with Crippen molar-refractivity contribution in [1.82, 2.24) is 19.9 Å². The summed E-state index contributed by atoms with van der Waals surface area (Å²) in [7, 11) is 0. The Bertz CT molecular complexity index is 809. The predicted octanol–water partition coefficient (Wildman–Crippen LogP) is 2.13. The number of pyridine rings is 1. The number of H-pyrrole nitrogens is 1. The molecule has 0 saturated carbocycles. The summed E-state index contributed by atoms with van der Waals surface area (Å²) >= 11 is 0. The molecule has 0 aromatic carbocycles. The molecule has 1 N–H and O–H groups in total. The second-order valence-electron chi connectivity index (χ2n) is 6.73. The van der Waals surface area contributed by atoms with Crippen molar-refractivity contribution in [2.24, 2.45) is 0 Å². The van der Waals surface area contributed by atoms with E-state index in [1.54, 1.807) is 18.5 Å². The molecule has 0 aliphatic carbocycles. The van der Waals surface area contributed by atoms with Crippen molar-refractivity contribution in [3.05, 3.63) is 46.1 Å². The van der Waals surface area contributed by atoms with Crippen LogP contribution in [0.25, 0.3) is 11.4 Å². The number of carbonyl (C=O) groups excluding carboxylic acids is 1. The molecule has 2 aromatic heterocycles. The minimum absolute atomic E-state index is 0.208. The van der Waals surface area contributed by atoms with E-state index in [1.807, 2.05) is 26.8 Å². The molecule has 1 aliphatic rings. The normalized spacial score (nSPS) is 14.2. The van der Waals surface area contributed by atoms with Gasteiger partial charge in [0, 0.05) is 30.9 Å². The van der Waals surface area contributed by atoms with Gasteiger partial charge in [-0.05, 0) is 32.9 Å². The summed E-state index contributed by atoms with van der Waals surface area (Å²) in [6.45, 7) is 6.14. The Morgan fingerprint density at radius 3 is 2.83 bits per heavy atom. The molecule has 0 bridgehead atoms. The first-order chi connectivity index (χ1) is 11.3. The van der Waals surface area contributed by atoms with Crippen molar-refractivity contribution < 1.29 is 9.53 Å². The Hall–Kier alpha value is -2.70. The number of fused-ring (bicyclic) bond motifs is 1. The van der Waals surface area contributed by atoms with Gasteiger partial charge in [0.25, 0.3) is 5.56 Å². The number of hydrogen-bond donors (Lipinski definition) is 1. The van der Waals surface area contributed by atoms with E-state index < -0.39 is 11.7 Å². The number of hydrogen-bond acceptors (Lipinski definition) is 5. The fraction of sp³-hybridized carbons (Fsp3) is 0.412. The third-order valence-corrected chi connectivity index (χ3v) is 3.66. The molecule has 3 heterocycles. The Kier molecular flexibility index (Phi) is 4.09. The van der Waals surface area contributed by atoms with E-state index in [0.29, 0.717) is 24.4 Å². The number of rotatable bonds is 1. The van der Waals surface area contributed by atoms with Crippen LogP contribution in [0.5, 0.6) is 0 Å². The average molecular weight is 328 g/mol. The second kappa shape index (κ2) is 6.07. The maximum atomic E-state index is 12.4. The van der Waals surface area contributed by atoms with Crippen molar-refractivity contribution in [3.63, 3.8) is 0 Å². The standard InChI is InChI=1S/C17H20N4O3/c1-17(2,3)24-16(23)21-8-6-13-12(10-21)15(22)20-14(19-13)11-5-4-7-18-9-11/h4-5,7,9H,6,8,10H2,1-3H3,(H,19,20,22). The molecule has 7 nitrogen and oxygen atoms in total. The van der Waals surface area contributed by atoms with Crippen molar-refractivity contribution in [1.29, 1.82) is 0 Å². The predicted molar refractivity (Wildman–Crippen MR) is 88.4 cm³/mol. The summed E-state index contributed by atoms with van der Waals surface area (Å²) in [5.74, 6) is 0.498. The first-order valence-corrected chi connectivity index (χ1v) is 7.84. The average Bonchev–Trinajstić information content (AvgIpc) is 2.53. The highest BCUT2D eigenvalue weighted by molar-refractivity contribution is 5.68. The monoisotopic (exact) mass is 328 g/mol. The Labute approximate surface area is 139 Å². The van der Waals surface area contributed by atoms with Gasteiger partial charge in [-0.1, -0.05) is 0 Å². The first-order valence-electron chi connectivity index (χ1n) is 7.84. The number of aromatic amines is 1. The fourth-order valence-electron chi connectivity index (χ4n) is 2.55. The van der Waals surface area contributed by atoms with Gasteiger partial charge in [-0.3, -0.25) is 9.78 Å². The van der Waals surface area contributed by atoms with Gasteiger partial charge in [-0.25, -0.2) is 9.78 Å². The van der Waals surface area contributed by atoms with E-state index in [1.165, 1.54) is 4.90 Å². The van der Waals surface area contributed by atoms with Gasteiger partial charge in [0.05, 0.1) is 17.8 Å². The Morgan fingerprint density at radius 1 is 1.38 bits per heavy atom. The van der Waals surface area contributed by atoms with Crippen LogP contribution in [0.2, 0.25) is 0 Å². The second-order valence-corrected chi connectivity index (χ2v) is 6.73. The quantitative estimate of drug-likeness (QED) is 0.866. The molecule has 0 radical (unpaired) electrons. The van der Waals surface area contributed by atoms with Crippen LogP contribution in [0.15, 0.2) is 29.3 Å². The molecule has 7 heteroatoms. The molecule has 126 valence electrons. The largest absolute Gasteiger partial charge is 0.444 e. The van der Waals surface area contributed by atoms with Gasteiger partial charge in [0.2, 0.25) is 0 Å². The van der Waals surface area contributed by atoms with Crippen LogP contribution in [0, 0.1) is 0 Å². The van der Waals surface area contributed by atoms with Crippen LogP contribution >= 0.6 is 0 Å². The molecule has 0 spiro atoms. The van der Waals surface area contributed by atoms with E-state index in [-0.39, 0.29) is 12.1 Å². The Balaban J connectivity index is 1.86. The van der Waals surface area contributed by atoms with Crippen LogP contribution in [0.1, 0.15) is 32.0 Å². The molecule has 2 aromatic rings. The zero-order valence-electron chi connectivity index (χ0n) is 14.0. The maximum Gasteiger partial charge on any atom is 0.410 e. The van der Waals surface area contributed by atoms with E-state index in [2.05, 4.69) is 15.0 Å². The van der Waals surface area contributed by atoms with E-state index in [9.17, 15) is 9.59 Å². The summed E-state index contributed by atoms with van der Waals surface area (Å²) in [5, 5.41) is 0. The zero-order valence-corrected chi connectivity index (χ0v) is 14.0. The van der Waals surface area contributed by atoms with Gasteiger partial charge < -0.3 is 14.6 Å². The highest BCUT2D eigenvalue weighted by Crippen LogP contribution is 2.19. The lowest BCUT2D eigenvalue weighted by atomic mass is 10.1. The maximum absolute atomic E-state index is 12.4. The third-order valence-electron chi connectivity index (χ3n) is 3.66. The topological polar surface area (TPSA) is 88.2 Å². The first kappa shape index (κ1) is 16.2. The zero-order chi connectivity index (χ0) is 17.3. The van der Waals surface area contributed by atoms with Gasteiger partial charge in [-0.15, -0.1) is 0 Å². The lowest BCUT2D eigenvalue weighted by molar-refractivity contribution is 0.0222. The van der Waals surface area contributed by atoms with Crippen LogP contribution in [0.4, 0.5) is 4.79 Å². The molecular weight excluding hydrogens is 308 g/mol. The molecule has 0 atom stereocenters. The van der Waals surface area contributed by atoms with Gasteiger partial charge in [0.1, 0.15) is 11.4 Å². The van der Waals surface area contributed by atoms with Gasteiger partial charge in [-0.2, -0.15) is 0 Å². The summed E-state index contributed by atoms with van der Waals surface area (Å²) in [5.41, 5.74) is 1.20. The number of carbonyl (C=O) groups is 1. The summed E-state index contributed by atoms with van der Waals surface area (Å²) in [6.07, 6.45) is 3.43. The third kappa shape index (κ3) is 3.45. The highest BCUT2D eigenvalue weighted by atomic mass is 16.6. The van der Waals surface area contributed by atoms with Crippen molar-refractivity contribution in [3.8, 4) is 11.4 Å². The molecule has 0 fully saturated rings. The SMILES string of the molecule is CC(C)(C)OC(=O)N1CCc2nc(-c3cccnc3)[nH]c(=O)c2C1. The molecule has 0 saturated heterocycles.